The summed E-state index contributed by atoms with van der Waals surface area (Å²) in [4.78, 5) is 4.32. The van der Waals surface area contributed by atoms with E-state index in [9.17, 15) is 0 Å². The molecule has 5 heteroatoms. The van der Waals surface area contributed by atoms with E-state index in [1.165, 1.54) is 0 Å². The molecule has 0 aliphatic carbocycles. The predicted molar refractivity (Wildman–Crippen MR) is 61.9 cm³/mol. The fourth-order valence-electron chi connectivity index (χ4n) is 1.89. The number of aromatic nitrogens is 4. The van der Waals surface area contributed by atoms with Gasteiger partial charge in [0.05, 0.1) is 5.69 Å². The zero-order valence-corrected chi connectivity index (χ0v) is 9.67. The molecule has 16 heavy (non-hydrogen) atoms. The predicted octanol–water partition coefficient (Wildman–Crippen LogP) is 1.04. The van der Waals surface area contributed by atoms with E-state index in [-0.39, 0.29) is 6.04 Å². The Labute approximate surface area is 94.7 Å². The Hall–Kier alpha value is -1.49. The largest absolute Gasteiger partial charge is 0.327 e. The minimum atomic E-state index is 0.135. The van der Waals surface area contributed by atoms with E-state index >= 15 is 0 Å². The van der Waals surface area contributed by atoms with Crippen LogP contribution in [-0.4, -0.2) is 25.6 Å². The van der Waals surface area contributed by atoms with Gasteiger partial charge in [-0.2, -0.15) is 0 Å². The lowest BCUT2D eigenvalue weighted by Crippen LogP contribution is -2.25. The molecule has 2 heterocycles. The van der Waals surface area contributed by atoms with E-state index in [2.05, 4.69) is 29.0 Å². The molecule has 1 unspecified atom stereocenters. The van der Waals surface area contributed by atoms with E-state index in [0.717, 1.165) is 24.2 Å². The lowest BCUT2D eigenvalue weighted by molar-refractivity contribution is 0.490. The van der Waals surface area contributed by atoms with Crippen LogP contribution in [0.3, 0.4) is 0 Å². The first-order valence-electron chi connectivity index (χ1n) is 5.55. The quantitative estimate of drug-likeness (QED) is 0.834. The van der Waals surface area contributed by atoms with Crippen LogP contribution in [0.4, 0.5) is 0 Å². The highest BCUT2D eigenvalue weighted by Gasteiger charge is 2.11. The van der Waals surface area contributed by atoms with Gasteiger partial charge in [0.2, 0.25) is 0 Å². The second-order valence-electron chi connectivity index (χ2n) is 4.53. The Balaban J connectivity index is 2.17. The third kappa shape index (κ3) is 2.36. The number of fused-ring (bicyclic) bond motifs is 1. The first-order chi connectivity index (χ1) is 7.66. The molecule has 86 valence electrons. The minimum Gasteiger partial charge on any atom is -0.327 e. The van der Waals surface area contributed by atoms with Crippen molar-refractivity contribution in [3.63, 3.8) is 0 Å². The van der Waals surface area contributed by atoms with E-state index < -0.39 is 0 Å². The molecular weight excluding hydrogens is 202 g/mol. The fraction of sp³-hybridized carbons (Fsp3) is 0.545. The second-order valence-corrected chi connectivity index (χ2v) is 4.53. The van der Waals surface area contributed by atoms with Gasteiger partial charge in [0.25, 0.3) is 0 Å². The molecule has 0 radical (unpaired) electrons. The van der Waals surface area contributed by atoms with E-state index in [0.29, 0.717) is 5.92 Å². The van der Waals surface area contributed by atoms with Gasteiger partial charge in [-0.25, -0.2) is 0 Å². The number of nitrogens with two attached hydrogens (primary N) is 1. The van der Waals surface area contributed by atoms with Crippen molar-refractivity contribution < 1.29 is 0 Å². The van der Waals surface area contributed by atoms with Gasteiger partial charge in [0.15, 0.2) is 5.65 Å². The van der Waals surface area contributed by atoms with Crippen LogP contribution in [0.2, 0.25) is 0 Å². The highest BCUT2D eigenvalue weighted by molar-refractivity contribution is 5.42. The topological polar surface area (TPSA) is 69.1 Å². The molecule has 0 saturated carbocycles. The van der Waals surface area contributed by atoms with Gasteiger partial charge in [-0.3, -0.25) is 9.38 Å². The molecule has 0 aliphatic rings. The molecule has 0 aliphatic heterocycles. The lowest BCUT2D eigenvalue weighted by Gasteiger charge is -2.13. The van der Waals surface area contributed by atoms with Crippen molar-refractivity contribution in [3.05, 3.63) is 24.4 Å². The zero-order chi connectivity index (χ0) is 11.5. The normalized spacial score (nSPS) is 13.5. The molecule has 2 rings (SSSR count). The van der Waals surface area contributed by atoms with Crippen molar-refractivity contribution in [2.45, 2.75) is 32.7 Å². The van der Waals surface area contributed by atoms with Gasteiger partial charge in [-0.05, 0) is 12.3 Å². The standard InChI is InChI=1S/C11H17N5/c1-8(2)5-9(12)6-10-11-15-14-7-16(11)4-3-13-10/h3-4,7-9H,5-6,12H2,1-2H3. The number of rotatable bonds is 4. The average molecular weight is 219 g/mol. The summed E-state index contributed by atoms with van der Waals surface area (Å²) < 4.78 is 1.87. The van der Waals surface area contributed by atoms with Crippen molar-refractivity contribution in [1.29, 1.82) is 0 Å². The molecule has 0 bridgehead atoms. The summed E-state index contributed by atoms with van der Waals surface area (Å²) in [7, 11) is 0. The van der Waals surface area contributed by atoms with Crippen molar-refractivity contribution in [1.82, 2.24) is 19.6 Å². The molecule has 0 fully saturated rings. The van der Waals surface area contributed by atoms with Crippen LogP contribution in [0, 0.1) is 5.92 Å². The zero-order valence-electron chi connectivity index (χ0n) is 9.67. The fourth-order valence-corrected chi connectivity index (χ4v) is 1.89. The number of nitrogens with zero attached hydrogens (tertiary/aromatic N) is 4. The van der Waals surface area contributed by atoms with Crippen molar-refractivity contribution in [2.24, 2.45) is 11.7 Å². The minimum absolute atomic E-state index is 0.135. The monoisotopic (exact) mass is 219 g/mol. The maximum atomic E-state index is 6.07. The summed E-state index contributed by atoms with van der Waals surface area (Å²) in [5, 5.41) is 7.91. The third-order valence-corrected chi connectivity index (χ3v) is 2.52. The third-order valence-electron chi connectivity index (χ3n) is 2.52. The summed E-state index contributed by atoms with van der Waals surface area (Å²) in [5.41, 5.74) is 7.80. The van der Waals surface area contributed by atoms with Crippen molar-refractivity contribution in [2.75, 3.05) is 0 Å². The molecule has 1 atom stereocenters. The molecular formula is C11H17N5. The van der Waals surface area contributed by atoms with E-state index in [1.54, 1.807) is 12.5 Å². The van der Waals surface area contributed by atoms with Crippen LogP contribution in [-0.2, 0) is 6.42 Å². The molecule has 0 amide bonds. The maximum absolute atomic E-state index is 6.07. The van der Waals surface area contributed by atoms with Crippen LogP contribution in [0.1, 0.15) is 26.0 Å². The molecule has 0 aromatic carbocycles. The highest BCUT2D eigenvalue weighted by atomic mass is 15.2. The van der Waals surface area contributed by atoms with Crippen molar-refractivity contribution >= 4 is 5.65 Å². The van der Waals surface area contributed by atoms with Crippen LogP contribution >= 0.6 is 0 Å². The Morgan fingerprint density at radius 3 is 3.00 bits per heavy atom. The molecule has 2 aromatic rings. The lowest BCUT2D eigenvalue weighted by atomic mass is 10.0. The molecule has 0 spiro atoms. The van der Waals surface area contributed by atoms with Crippen LogP contribution in [0.5, 0.6) is 0 Å². The SMILES string of the molecule is CC(C)CC(N)Cc1nccn2cnnc12. The summed E-state index contributed by atoms with van der Waals surface area (Å²) in [5.74, 6) is 0.604. The smallest absolute Gasteiger partial charge is 0.182 e. The van der Waals surface area contributed by atoms with Crippen LogP contribution < -0.4 is 5.73 Å². The molecule has 2 aromatic heterocycles. The Bertz CT molecular complexity index is 462. The Kier molecular flexibility index (Phi) is 3.14. The molecule has 0 saturated heterocycles. The average Bonchev–Trinajstić information content (AvgIpc) is 2.65. The summed E-state index contributed by atoms with van der Waals surface area (Å²) in [6.45, 7) is 4.34. The summed E-state index contributed by atoms with van der Waals surface area (Å²) in [6.07, 6.45) is 7.02. The van der Waals surface area contributed by atoms with Gasteiger partial charge in [0.1, 0.15) is 6.33 Å². The Morgan fingerprint density at radius 2 is 2.25 bits per heavy atom. The van der Waals surface area contributed by atoms with Gasteiger partial charge >= 0.3 is 0 Å². The van der Waals surface area contributed by atoms with Gasteiger partial charge < -0.3 is 5.73 Å². The summed E-state index contributed by atoms with van der Waals surface area (Å²) >= 11 is 0. The first kappa shape index (κ1) is 11.0. The van der Waals surface area contributed by atoms with Gasteiger partial charge in [0, 0.05) is 24.9 Å². The number of hydrogen-bond donors (Lipinski definition) is 1. The van der Waals surface area contributed by atoms with Crippen LogP contribution in [0.25, 0.3) is 5.65 Å². The van der Waals surface area contributed by atoms with Crippen molar-refractivity contribution in [3.8, 4) is 0 Å². The molecule has 2 N–H and O–H groups in total. The van der Waals surface area contributed by atoms with Gasteiger partial charge in [-0.1, -0.05) is 13.8 Å². The first-order valence-corrected chi connectivity index (χ1v) is 5.55. The van der Waals surface area contributed by atoms with Gasteiger partial charge in [-0.15, -0.1) is 10.2 Å². The maximum Gasteiger partial charge on any atom is 0.182 e. The highest BCUT2D eigenvalue weighted by Crippen LogP contribution is 2.10. The summed E-state index contributed by atoms with van der Waals surface area (Å²) in [6, 6.07) is 0.135. The second kappa shape index (κ2) is 4.57. The van der Waals surface area contributed by atoms with Crippen LogP contribution in [0.15, 0.2) is 18.7 Å². The molecule has 5 nitrogen and oxygen atoms in total. The van der Waals surface area contributed by atoms with E-state index in [4.69, 9.17) is 5.73 Å². The van der Waals surface area contributed by atoms with E-state index in [1.807, 2.05) is 10.6 Å². The Morgan fingerprint density at radius 1 is 1.44 bits per heavy atom. The number of hydrogen-bond acceptors (Lipinski definition) is 4.